The third-order valence-corrected chi connectivity index (χ3v) is 6.43. The Kier molecular flexibility index (Phi) is 12.0. The fraction of sp³-hybridized carbons (Fsp3) is 0.769. The summed E-state index contributed by atoms with van der Waals surface area (Å²) < 4.78 is 0. The zero-order chi connectivity index (χ0) is 19.3. The first-order valence-electron chi connectivity index (χ1n) is 11.6. The first kappa shape index (κ1) is 23.3. The summed E-state index contributed by atoms with van der Waals surface area (Å²) in [5.74, 6) is 2.07. The van der Waals surface area contributed by atoms with E-state index in [0.29, 0.717) is 0 Å². The molecular formula is C26H46. The predicted octanol–water partition coefficient (Wildman–Crippen LogP) is 8.84. The first-order valence-corrected chi connectivity index (χ1v) is 11.6. The predicted molar refractivity (Wildman–Crippen MR) is 119 cm³/mol. The molecule has 2 fully saturated rings. The monoisotopic (exact) mass is 358 g/mol. The number of hydrogen-bond acceptors (Lipinski definition) is 0. The van der Waals surface area contributed by atoms with E-state index < -0.39 is 0 Å². The average Bonchev–Trinajstić information content (AvgIpc) is 2.85. The molecule has 1 spiro atoms. The summed E-state index contributed by atoms with van der Waals surface area (Å²) >= 11 is 0. The lowest BCUT2D eigenvalue weighted by molar-refractivity contribution is 0.111. The van der Waals surface area contributed by atoms with Crippen LogP contribution in [0.1, 0.15) is 111 Å². The number of rotatable bonds is 2. The molecule has 2 aliphatic rings. The molecule has 1 atom stereocenters. The lowest BCUT2D eigenvalue weighted by Gasteiger charge is -2.41. The minimum absolute atomic E-state index is 0.793. The maximum absolute atomic E-state index is 2.49. The average molecular weight is 359 g/mol. The Labute approximate surface area is 165 Å². The molecule has 0 bridgehead atoms. The van der Waals surface area contributed by atoms with Crippen LogP contribution in [0.5, 0.6) is 0 Å². The van der Waals surface area contributed by atoms with Gasteiger partial charge in [-0.25, -0.2) is 0 Å². The molecule has 3 rings (SSSR count). The number of benzene rings is 1. The second kappa shape index (κ2) is 13.4. The lowest BCUT2D eigenvalue weighted by Crippen LogP contribution is -2.28. The summed E-state index contributed by atoms with van der Waals surface area (Å²) in [5, 5.41) is 0. The van der Waals surface area contributed by atoms with E-state index in [1.807, 2.05) is 6.07 Å². The Morgan fingerprint density at radius 2 is 1.46 bits per heavy atom. The zero-order valence-corrected chi connectivity index (χ0v) is 18.5. The van der Waals surface area contributed by atoms with E-state index in [0.717, 1.165) is 23.7 Å². The normalized spacial score (nSPS) is 28.2. The van der Waals surface area contributed by atoms with Gasteiger partial charge in [0.15, 0.2) is 0 Å². The van der Waals surface area contributed by atoms with Crippen LogP contribution in [0.15, 0.2) is 30.3 Å². The van der Waals surface area contributed by atoms with Crippen LogP contribution in [0.3, 0.4) is 0 Å². The molecule has 1 aromatic rings. The summed E-state index contributed by atoms with van der Waals surface area (Å²) in [4.78, 5) is 0. The van der Waals surface area contributed by atoms with Crippen molar-refractivity contribution in [2.45, 2.75) is 112 Å². The van der Waals surface area contributed by atoms with Gasteiger partial charge in [0.25, 0.3) is 0 Å². The number of aryl methyl sites for hydroxylation is 1. The highest BCUT2D eigenvalue weighted by atomic mass is 14.4. The molecule has 26 heavy (non-hydrogen) atoms. The Morgan fingerprint density at radius 1 is 0.846 bits per heavy atom. The van der Waals surface area contributed by atoms with Crippen LogP contribution in [0.2, 0.25) is 0 Å². The van der Waals surface area contributed by atoms with E-state index in [-0.39, 0.29) is 0 Å². The smallest absolute Gasteiger partial charge is 0.0295 e. The van der Waals surface area contributed by atoms with Crippen LogP contribution >= 0.6 is 0 Å². The van der Waals surface area contributed by atoms with E-state index in [1.165, 1.54) is 50.5 Å². The van der Waals surface area contributed by atoms with Crippen molar-refractivity contribution in [3.05, 3.63) is 35.9 Å². The van der Waals surface area contributed by atoms with E-state index in [4.69, 9.17) is 0 Å². The van der Waals surface area contributed by atoms with Gasteiger partial charge < -0.3 is 0 Å². The summed E-state index contributed by atoms with van der Waals surface area (Å²) in [7, 11) is 0. The van der Waals surface area contributed by atoms with Gasteiger partial charge in [0.05, 0.1) is 0 Å². The van der Waals surface area contributed by atoms with Crippen molar-refractivity contribution in [3.8, 4) is 0 Å². The van der Waals surface area contributed by atoms with E-state index >= 15 is 0 Å². The lowest BCUT2D eigenvalue weighted by atomic mass is 9.65. The number of hydrogen-bond donors (Lipinski definition) is 0. The van der Waals surface area contributed by atoms with E-state index in [1.54, 1.807) is 25.7 Å². The molecular weight excluding hydrogens is 312 g/mol. The van der Waals surface area contributed by atoms with Gasteiger partial charge in [-0.1, -0.05) is 97.1 Å². The van der Waals surface area contributed by atoms with Crippen molar-refractivity contribution in [1.82, 2.24) is 0 Å². The molecule has 0 heterocycles. The van der Waals surface area contributed by atoms with Gasteiger partial charge >= 0.3 is 0 Å². The second-order valence-electron chi connectivity index (χ2n) is 8.95. The minimum Gasteiger partial charge on any atom is -0.0656 e. The topological polar surface area (TPSA) is 0 Å². The summed E-state index contributed by atoms with van der Waals surface area (Å²) in [6.07, 6.45) is 17.6. The van der Waals surface area contributed by atoms with Gasteiger partial charge in [0.1, 0.15) is 0 Å². The Balaban J connectivity index is 0.000000258. The van der Waals surface area contributed by atoms with Crippen molar-refractivity contribution in [3.63, 3.8) is 0 Å². The highest BCUT2D eigenvalue weighted by Crippen LogP contribution is 2.49. The maximum Gasteiger partial charge on any atom is -0.0295 e. The van der Waals surface area contributed by atoms with Gasteiger partial charge in [0.2, 0.25) is 0 Å². The van der Waals surface area contributed by atoms with Crippen LogP contribution < -0.4 is 0 Å². The molecule has 0 N–H and O–H groups in total. The molecule has 1 aromatic carbocycles. The van der Waals surface area contributed by atoms with Crippen LogP contribution in [0.4, 0.5) is 0 Å². The molecule has 2 saturated carbocycles. The van der Waals surface area contributed by atoms with Gasteiger partial charge in [-0.15, -0.1) is 0 Å². The highest BCUT2D eigenvalue weighted by molar-refractivity contribution is 5.13. The molecule has 0 nitrogen and oxygen atoms in total. The zero-order valence-electron chi connectivity index (χ0n) is 18.5. The van der Waals surface area contributed by atoms with Crippen LogP contribution in [-0.2, 0) is 6.42 Å². The second-order valence-corrected chi connectivity index (χ2v) is 8.95. The van der Waals surface area contributed by atoms with E-state index in [9.17, 15) is 0 Å². The van der Waals surface area contributed by atoms with E-state index in [2.05, 4.69) is 58.9 Å². The minimum atomic E-state index is 0.793. The van der Waals surface area contributed by atoms with Crippen molar-refractivity contribution in [2.75, 3.05) is 0 Å². The molecule has 0 radical (unpaired) electrons. The molecule has 0 heteroatoms. The molecule has 0 aliphatic heterocycles. The van der Waals surface area contributed by atoms with Crippen molar-refractivity contribution in [2.24, 2.45) is 17.3 Å². The molecule has 0 saturated heterocycles. The quantitative estimate of drug-likeness (QED) is 0.495. The van der Waals surface area contributed by atoms with Gasteiger partial charge in [-0.05, 0) is 67.8 Å². The Morgan fingerprint density at radius 3 is 1.96 bits per heavy atom. The Hall–Kier alpha value is -0.780. The highest BCUT2D eigenvalue weighted by Gasteiger charge is 2.36. The summed E-state index contributed by atoms with van der Waals surface area (Å²) in [6.45, 7) is 11.3. The van der Waals surface area contributed by atoms with Crippen LogP contribution in [0.25, 0.3) is 0 Å². The van der Waals surface area contributed by atoms with Gasteiger partial charge in [0, 0.05) is 0 Å². The molecule has 0 amide bonds. The molecule has 2 aliphatic carbocycles. The largest absolute Gasteiger partial charge is 0.0656 e. The summed E-state index contributed by atoms with van der Waals surface area (Å²) in [6, 6.07) is 10.5. The molecule has 1 unspecified atom stereocenters. The SMILES string of the molecule is CCC.CCC1CCC2(CCCCC(C)C2)CC1.CCc1ccccc1. The van der Waals surface area contributed by atoms with Crippen molar-refractivity contribution < 1.29 is 0 Å². The molecule has 0 aromatic heterocycles. The van der Waals surface area contributed by atoms with Gasteiger partial charge in [-0.2, -0.15) is 0 Å². The third-order valence-electron chi connectivity index (χ3n) is 6.43. The molecule has 150 valence electrons. The first-order chi connectivity index (χ1) is 12.6. The third kappa shape index (κ3) is 8.74. The van der Waals surface area contributed by atoms with Crippen molar-refractivity contribution in [1.29, 1.82) is 0 Å². The Bertz CT molecular complexity index is 425. The van der Waals surface area contributed by atoms with Crippen LogP contribution in [-0.4, -0.2) is 0 Å². The van der Waals surface area contributed by atoms with Crippen molar-refractivity contribution >= 4 is 0 Å². The fourth-order valence-corrected chi connectivity index (χ4v) is 4.80. The van der Waals surface area contributed by atoms with Gasteiger partial charge in [-0.3, -0.25) is 0 Å². The van der Waals surface area contributed by atoms with Crippen LogP contribution in [0, 0.1) is 17.3 Å². The summed E-state index contributed by atoms with van der Waals surface area (Å²) in [5.41, 5.74) is 2.20. The standard InChI is InChI=1S/C15H28.C8H10.C3H8/c1-3-14-7-10-15(11-8-14)9-5-4-6-13(2)12-15;1-2-8-6-4-3-5-7-8;1-3-2/h13-14H,3-12H2,1-2H3;3-7H,2H2,1H3;3H2,1-2H3. The maximum atomic E-state index is 2.49. The fourth-order valence-electron chi connectivity index (χ4n) is 4.80.